The number of hydrogen-bond donors (Lipinski definition) is 2. The standard InChI is InChI=1S/C13H21ClN4O2/c1-15-12-9-10(8-11(14)17-12)13(19)16-4-5-18(2)6-7-20-3/h8-9H,4-7H2,1-3H3,(H,15,17)(H,16,19). The van der Waals surface area contributed by atoms with Crippen molar-refractivity contribution >= 4 is 23.3 Å². The minimum Gasteiger partial charge on any atom is -0.383 e. The number of pyridine rings is 1. The lowest BCUT2D eigenvalue weighted by Gasteiger charge is -2.16. The van der Waals surface area contributed by atoms with Crippen molar-refractivity contribution in [1.29, 1.82) is 0 Å². The van der Waals surface area contributed by atoms with Crippen molar-refractivity contribution in [3.8, 4) is 0 Å². The summed E-state index contributed by atoms with van der Waals surface area (Å²) in [5, 5.41) is 6.00. The van der Waals surface area contributed by atoms with Crippen molar-refractivity contribution in [2.24, 2.45) is 0 Å². The third-order valence-electron chi connectivity index (χ3n) is 2.77. The number of aromatic nitrogens is 1. The highest BCUT2D eigenvalue weighted by molar-refractivity contribution is 6.29. The van der Waals surface area contributed by atoms with Crippen LogP contribution in [-0.4, -0.2) is 63.2 Å². The van der Waals surface area contributed by atoms with Gasteiger partial charge >= 0.3 is 0 Å². The Hall–Kier alpha value is -1.37. The first kappa shape index (κ1) is 16.7. The number of methoxy groups -OCH3 is 1. The van der Waals surface area contributed by atoms with Crippen molar-refractivity contribution in [2.75, 3.05) is 52.8 Å². The summed E-state index contributed by atoms with van der Waals surface area (Å²) in [6, 6.07) is 3.21. The van der Waals surface area contributed by atoms with E-state index < -0.39 is 0 Å². The van der Waals surface area contributed by atoms with Crippen LogP contribution in [0.1, 0.15) is 10.4 Å². The molecule has 1 amide bonds. The molecule has 0 fully saturated rings. The number of amides is 1. The Morgan fingerprint density at radius 1 is 1.45 bits per heavy atom. The van der Waals surface area contributed by atoms with Gasteiger partial charge in [0.1, 0.15) is 11.0 Å². The molecular weight excluding hydrogens is 280 g/mol. The van der Waals surface area contributed by atoms with Gasteiger partial charge in [-0.15, -0.1) is 0 Å². The number of carbonyl (C=O) groups excluding carboxylic acids is 1. The average molecular weight is 301 g/mol. The van der Waals surface area contributed by atoms with Crippen LogP contribution in [0.25, 0.3) is 0 Å². The number of carbonyl (C=O) groups is 1. The van der Waals surface area contributed by atoms with Gasteiger partial charge in [-0.05, 0) is 19.2 Å². The largest absolute Gasteiger partial charge is 0.383 e. The molecule has 20 heavy (non-hydrogen) atoms. The summed E-state index contributed by atoms with van der Waals surface area (Å²) >= 11 is 5.86. The molecule has 0 aliphatic heterocycles. The van der Waals surface area contributed by atoms with E-state index in [1.54, 1.807) is 26.3 Å². The van der Waals surface area contributed by atoms with E-state index >= 15 is 0 Å². The summed E-state index contributed by atoms with van der Waals surface area (Å²) in [6.07, 6.45) is 0. The quantitative estimate of drug-likeness (QED) is 0.704. The normalized spacial score (nSPS) is 10.7. The Morgan fingerprint density at radius 3 is 2.85 bits per heavy atom. The maximum atomic E-state index is 12.0. The molecule has 0 spiro atoms. The van der Waals surface area contributed by atoms with E-state index in [0.29, 0.717) is 29.7 Å². The van der Waals surface area contributed by atoms with Gasteiger partial charge in [0.2, 0.25) is 0 Å². The number of rotatable bonds is 8. The van der Waals surface area contributed by atoms with E-state index in [4.69, 9.17) is 16.3 Å². The summed E-state index contributed by atoms with van der Waals surface area (Å²) in [5.74, 6) is 0.408. The molecule has 0 saturated carbocycles. The Balaban J connectivity index is 2.45. The van der Waals surface area contributed by atoms with Gasteiger partial charge in [0.15, 0.2) is 0 Å². The van der Waals surface area contributed by atoms with E-state index in [1.165, 1.54) is 0 Å². The van der Waals surface area contributed by atoms with E-state index in [9.17, 15) is 4.79 Å². The smallest absolute Gasteiger partial charge is 0.251 e. The molecule has 1 aromatic heterocycles. The molecule has 1 rings (SSSR count). The fourth-order valence-corrected chi connectivity index (χ4v) is 1.79. The molecule has 2 N–H and O–H groups in total. The van der Waals surface area contributed by atoms with Crippen LogP contribution in [0.2, 0.25) is 5.15 Å². The van der Waals surface area contributed by atoms with Crippen molar-refractivity contribution in [2.45, 2.75) is 0 Å². The van der Waals surface area contributed by atoms with Gasteiger partial charge in [0.25, 0.3) is 5.91 Å². The molecule has 0 aliphatic carbocycles. The van der Waals surface area contributed by atoms with Gasteiger partial charge in [-0.3, -0.25) is 4.79 Å². The molecule has 112 valence electrons. The first-order chi connectivity index (χ1) is 9.56. The van der Waals surface area contributed by atoms with Gasteiger partial charge in [-0.1, -0.05) is 11.6 Å². The second-order valence-electron chi connectivity index (χ2n) is 4.37. The summed E-state index contributed by atoms with van der Waals surface area (Å²) in [4.78, 5) is 18.1. The number of ether oxygens (including phenoxy) is 1. The van der Waals surface area contributed by atoms with E-state index in [0.717, 1.165) is 13.1 Å². The molecule has 1 heterocycles. The van der Waals surface area contributed by atoms with Gasteiger partial charge in [-0.25, -0.2) is 4.98 Å². The fourth-order valence-electron chi connectivity index (χ4n) is 1.58. The van der Waals surface area contributed by atoms with Crippen LogP contribution in [0.5, 0.6) is 0 Å². The zero-order valence-corrected chi connectivity index (χ0v) is 12.8. The van der Waals surface area contributed by atoms with Crippen molar-refractivity contribution < 1.29 is 9.53 Å². The summed E-state index contributed by atoms with van der Waals surface area (Å²) < 4.78 is 4.99. The predicted octanol–water partition coefficient (Wildman–Crippen LogP) is 1.08. The number of hydrogen-bond acceptors (Lipinski definition) is 5. The van der Waals surface area contributed by atoms with Gasteiger partial charge in [-0.2, -0.15) is 0 Å². The molecule has 0 atom stereocenters. The first-order valence-corrected chi connectivity index (χ1v) is 6.75. The lowest BCUT2D eigenvalue weighted by molar-refractivity contribution is 0.0947. The van der Waals surface area contributed by atoms with Gasteiger partial charge in [0.05, 0.1) is 6.61 Å². The second-order valence-corrected chi connectivity index (χ2v) is 4.75. The van der Waals surface area contributed by atoms with Crippen molar-refractivity contribution in [3.63, 3.8) is 0 Å². The maximum absolute atomic E-state index is 12.0. The summed E-state index contributed by atoms with van der Waals surface area (Å²) in [5.41, 5.74) is 0.494. The molecule has 0 saturated heterocycles. The van der Waals surface area contributed by atoms with Crippen LogP contribution in [-0.2, 0) is 4.74 Å². The molecule has 6 nitrogen and oxygen atoms in total. The minimum absolute atomic E-state index is 0.161. The molecule has 0 radical (unpaired) electrons. The topological polar surface area (TPSA) is 66.5 Å². The molecular formula is C13H21ClN4O2. The number of nitrogens with one attached hydrogen (secondary N) is 2. The third kappa shape index (κ3) is 5.73. The van der Waals surface area contributed by atoms with E-state index in [2.05, 4.69) is 20.5 Å². The van der Waals surface area contributed by atoms with Crippen LogP contribution in [0.15, 0.2) is 12.1 Å². The molecule has 0 bridgehead atoms. The average Bonchev–Trinajstić information content (AvgIpc) is 2.44. The SMILES string of the molecule is CNc1cc(C(=O)NCCN(C)CCOC)cc(Cl)n1. The fraction of sp³-hybridized carbons (Fsp3) is 0.538. The van der Waals surface area contributed by atoms with Gasteiger partial charge in [0, 0.05) is 39.4 Å². The highest BCUT2D eigenvalue weighted by Crippen LogP contribution is 2.13. The Morgan fingerprint density at radius 2 is 2.20 bits per heavy atom. The zero-order valence-electron chi connectivity index (χ0n) is 12.1. The lowest BCUT2D eigenvalue weighted by atomic mass is 10.2. The maximum Gasteiger partial charge on any atom is 0.251 e. The number of anilines is 1. The highest BCUT2D eigenvalue weighted by atomic mass is 35.5. The van der Waals surface area contributed by atoms with Crippen LogP contribution in [0.4, 0.5) is 5.82 Å². The number of nitrogens with zero attached hydrogens (tertiary/aromatic N) is 2. The number of halogens is 1. The van der Waals surface area contributed by atoms with Crippen molar-refractivity contribution in [3.05, 3.63) is 22.8 Å². The summed E-state index contributed by atoms with van der Waals surface area (Å²) in [6.45, 7) is 2.83. The molecule has 0 unspecified atom stereocenters. The van der Waals surface area contributed by atoms with Crippen LogP contribution < -0.4 is 10.6 Å². The van der Waals surface area contributed by atoms with Crippen LogP contribution in [0, 0.1) is 0 Å². The summed E-state index contributed by atoms with van der Waals surface area (Å²) in [7, 11) is 5.38. The zero-order chi connectivity index (χ0) is 15.0. The highest BCUT2D eigenvalue weighted by Gasteiger charge is 2.08. The monoisotopic (exact) mass is 300 g/mol. The van der Waals surface area contributed by atoms with Crippen molar-refractivity contribution in [1.82, 2.24) is 15.2 Å². The Kier molecular flexibility index (Phi) is 7.28. The van der Waals surface area contributed by atoms with E-state index in [1.807, 2.05) is 7.05 Å². The number of likely N-dealkylation sites (N-methyl/N-ethyl adjacent to an activating group) is 1. The second kappa shape index (κ2) is 8.73. The first-order valence-electron chi connectivity index (χ1n) is 6.38. The lowest BCUT2D eigenvalue weighted by Crippen LogP contribution is -2.34. The molecule has 7 heteroatoms. The Labute approximate surface area is 124 Å². The third-order valence-corrected chi connectivity index (χ3v) is 2.96. The predicted molar refractivity (Wildman–Crippen MR) is 80.5 cm³/mol. The molecule has 1 aromatic rings. The van der Waals surface area contributed by atoms with Crippen LogP contribution in [0.3, 0.4) is 0 Å². The molecule has 0 aliphatic rings. The molecule has 0 aromatic carbocycles. The van der Waals surface area contributed by atoms with Crippen LogP contribution >= 0.6 is 11.6 Å². The Bertz CT molecular complexity index is 442. The van der Waals surface area contributed by atoms with E-state index in [-0.39, 0.29) is 5.91 Å². The van der Waals surface area contributed by atoms with Gasteiger partial charge < -0.3 is 20.3 Å². The minimum atomic E-state index is -0.161.